The quantitative estimate of drug-likeness (QED) is 0.524. The van der Waals surface area contributed by atoms with Crippen molar-refractivity contribution >= 4 is 12.4 Å². The molecule has 0 unspecified atom stereocenters. The highest BCUT2D eigenvalue weighted by Crippen LogP contribution is 2.13. The van der Waals surface area contributed by atoms with Crippen molar-refractivity contribution in [2.24, 2.45) is 0 Å². The van der Waals surface area contributed by atoms with Crippen molar-refractivity contribution < 1.29 is 4.79 Å². The van der Waals surface area contributed by atoms with E-state index in [2.05, 4.69) is 32.0 Å². The second-order valence-electron chi connectivity index (χ2n) is 3.44. The molecule has 0 saturated carbocycles. The molecule has 0 aliphatic heterocycles. The first-order valence-corrected chi connectivity index (χ1v) is 4.99. The fraction of sp³-hybridized carbons (Fsp3) is 0.308. The van der Waals surface area contributed by atoms with Gasteiger partial charge in [0.15, 0.2) is 0 Å². The Kier molecular flexibility index (Phi) is 4.11. The van der Waals surface area contributed by atoms with Gasteiger partial charge in [0.25, 0.3) is 0 Å². The van der Waals surface area contributed by atoms with Crippen LogP contribution >= 0.6 is 0 Å². The molecular weight excluding hydrogens is 172 g/mol. The Bertz CT molecular complexity index is 337. The maximum Gasteiger partial charge on any atom is 0.142 e. The number of aldehydes is 1. The largest absolute Gasteiger partial charge is 0.299 e. The number of carbonyl (C=O) groups excluding carboxylic acids is 1. The maximum absolute atomic E-state index is 10.2. The summed E-state index contributed by atoms with van der Waals surface area (Å²) in [5.74, 6) is 0. The highest BCUT2D eigenvalue weighted by Gasteiger charge is 1.96. The van der Waals surface area contributed by atoms with Gasteiger partial charge in [-0.05, 0) is 36.1 Å². The van der Waals surface area contributed by atoms with Gasteiger partial charge in [0.2, 0.25) is 0 Å². The molecule has 0 spiro atoms. The topological polar surface area (TPSA) is 17.1 Å². The summed E-state index contributed by atoms with van der Waals surface area (Å²) in [6, 6.07) is 6.38. The van der Waals surface area contributed by atoms with E-state index in [-0.39, 0.29) is 0 Å². The van der Waals surface area contributed by atoms with Crippen LogP contribution in [0.5, 0.6) is 0 Å². The first-order chi connectivity index (χ1) is 6.77. The van der Waals surface area contributed by atoms with Gasteiger partial charge < -0.3 is 0 Å². The number of hydrogen-bond donors (Lipinski definition) is 0. The van der Waals surface area contributed by atoms with E-state index in [1.807, 2.05) is 6.08 Å². The van der Waals surface area contributed by atoms with Crippen LogP contribution in [0.3, 0.4) is 0 Å². The highest BCUT2D eigenvalue weighted by atomic mass is 16.1. The first kappa shape index (κ1) is 10.7. The standard InChI is InChI=1S/C13H16O/c1-3-5-12-7-8-13(6-4-9-14)11(2)10-12/h4,6-10H,3,5H2,1-2H3/b6-4+. The average molecular weight is 188 g/mol. The number of allylic oxidation sites excluding steroid dienone is 1. The van der Waals surface area contributed by atoms with E-state index in [0.29, 0.717) is 0 Å². The van der Waals surface area contributed by atoms with Gasteiger partial charge in [-0.2, -0.15) is 0 Å². The predicted octanol–water partition coefficient (Wildman–Crippen LogP) is 3.16. The molecule has 1 rings (SSSR count). The van der Waals surface area contributed by atoms with E-state index in [9.17, 15) is 4.79 Å². The lowest BCUT2D eigenvalue weighted by atomic mass is 10.0. The van der Waals surface area contributed by atoms with Gasteiger partial charge in [-0.25, -0.2) is 0 Å². The van der Waals surface area contributed by atoms with E-state index < -0.39 is 0 Å². The summed E-state index contributed by atoms with van der Waals surface area (Å²) >= 11 is 0. The Morgan fingerprint density at radius 3 is 2.71 bits per heavy atom. The third-order valence-electron chi connectivity index (χ3n) is 2.23. The molecule has 0 bridgehead atoms. The predicted molar refractivity (Wildman–Crippen MR) is 60.3 cm³/mol. The van der Waals surface area contributed by atoms with E-state index in [4.69, 9.17) is 0 Å². The van der Waals surface area contributed by atoms with Crippen LogP contribution in [0.1, 0.15) is 30.0 Å². The molecule has 0 aliphatic carbocycles. The number of hydrogen-bond acceptors (Lipinski definition) is 1. The van der Waals surface area contributed by atoms with Crippen LogP contribution in [-0.4, -0.2) is 6.29 Å². The fourth-order valence-corrected chi connectivity index (χ4v) is 1.51. The van der Waals surface area contributed by atoms with Crippen molar-refractivity contribution in [2.45, 2.75) is 26.7 Å². The summed E-state index contributed by atoms with van der Waals surface area (Å²) in [5.41, 5.74) is 3.72. The highest BCUT2D eigenvalue weighted by molar-refractivity contribution is 5.74. The molecule has 1 aromatic carbocycles. The molecule has 0 atom stereocenters. The van der Waals surface area contributed by atoms with E-state index in [1.165, 1.54) is 23.6 Å². The molecule has 0 aliphatic rings. The molecule has 0 saturated heterocycles. The van der Waals surface area contributed by atoms with Gasteiger partial charge in [-0.15, -0.1) is 0 Å². The number of aryl methyl sites for hydroxylation is 2. The molecule has 0 amide bonds. The maximum atomic E-state index is 10.2. The van der Waals surface area contributed by atoms with E-state index >= 15 is 0 Å². The van der Waals surface area contributed by atoms with Crippen molar-refractivity contribution in [3.05, 3.63) is 41.0 Å². The van der Waals surface area contributed by atoms with Crippen LogP contribution in [0.25, 0.3) is 6.08 Å². The lowest BCUT2D eigenvalue weighted by molar-refractivity contribution is -0.104. The van der Waals surface area contributed by atoms with Gasteiger partial charge in [0, 0.05) is 0 Å². The van der Waals surface area contributed by atoms with Crippen molar-refractivity contribution in [1.29, 1.82) is 0 Å². The summed E-state index contributed by atoms with van der Waals surface area (Å²) in [7, 11) is 0. The van der Waals surface area contributed by atoms with Crippen molar-refractivity contribution in [1.82, 2.24) is 0 Å². The van der Waals surface area contributed by atoms with Gasteiger partial charge in [-0.1, -0.05) is 37.6 Å². The second kappa shape index (κ2) is 5.38. The Labute approximate surface area is 85.5 Å². The minimum absolute atomic E-state index is 0.805. The molecule has 1 aromatic rings. The zero-order chi connectivity index (χ0) is 10.4. The molecular formula is C13H16O. The number of rotatable bonds is 4. The van der Waals surface area contributed by atoms with Gasteiger partial charge >= 0.3 is 0 Å². The minimum Gasteiger partial charge on any atom is -0.299 e. The third kappa shape index (κ3) is 2.84. The van der Waals surface area contributed by atoms with Crippen LogP contribution in [0.4, 0.5) is 0 Å². The SMILES string of the molecule is CCCc1ccc(/C=C/C=O)c(C)c1. The van der Waals surface area contributed by atoms with Crippen molar-refractivity contribution in [3.63, 3.8) is 0 Å². The van der Waals surface area contributed by atoms with E-state index in [0.717, 1.165) is 18.3 Å². The molecule has 14 heavy (non-hydrogen) atoms. The Morgan fingerprint density at radius 1 is 1.36 bits per heavy atom. The monoisotopic (exact) mass is 188 g/mol. The minimum atomic E-state index is 0.805. The van der Waals surface area contributed by atoms with Crippen molar-refractivity contribution in [2.75, 3.05) is 0 Å². The summed E-state index contributed by atoms with van der Waals surface area (Å²) in [6.07, 6.45) is 6.47. The average Bonchev–Trinajstić information content (AvgIpc) is 2.17. The third-order valence-corrected chi connectivity index (χ3v) is 2.23. The Hall–Kier alpha value is -1.37. The summed E-state index contributed by atoms with van der Waals surface area (Å²) < 4.78 is 0. The van der Waals surface area contributed by atoms with E-state index in [1.54, 1.807) is 0 Å². The first-order valence-electron chi connectivity index (χ1n) is 4.99. The summed E-state index contributed by atoms with van der Waals surface area (Å²) in [5, 5.41) is 0. The molecule has 0 N–H and O–H groups in total. The van der Waals surface area contributed by atoms with Gasteiger partial charge in [0.1, 0.15) is 6.29 Å². The molecule has 0 fully saturated rings. The summed E-state index contributed by atoms with van der Waals surface area (Å²) in [4.78, 5) is 10.2. The normalized spacial score (nSPS) is 10.7. The Balaban J connectivity index is 2.89. The number of benzene rings is 1. The van der Waals surface area contributed by atoms with Crippen LogP contribution in [0.2, 0.25) is 0 Å². The second-order valence-corrected chi connectivity index (χ2v) is 3.44. The lowest BCUT2D eigenvalue weighted by Gasteiger charge is -2.03. The van der Waals surface area contributed by atoms with Gasteiger partial charge in [-0.3, -0.25) is 4.79 Å². The summed E-state index contributed by atoms with van der Waals surface area (Å²) in [6.45, 7) is 4.25. The van der Waals surface area contributed by atoms with Gasteiger partial charge in [0.05, 0.1) is 0 Å². The van der Waals surface area contributed by atoms with Crippen LogP contribution in [0, 0.1) is 6.92 Å². The lowest BCUT2D eigenvalue weighted by Crippen LogP contribution is -1.87. The van der Waals surface area contributed by atoms with Crippen LogP contribution in [0.15, 0.2) is 24.3 Å². The molecule has 1 nitrogen and oxygen atoms in total. The van der Waals surface area contributed by atoms with Crippen molar-refractivity contribution in [3.8, 4) is 0 Å². The molecule has 74 valence electrons. The fourth-order valence-electron chi connectivity index (χ4n) is 1.51. The molecule has 0 aromatic heterocycles. The zero-order valence-electron chi connectivity index (χ0n) is 8.79. The molecule has 1 heteroatoms. The van der Waals surface area contributed by atoms with Crippen LogP contribution < -0.4 is 0 Å². The molecule has 0 heterocycles. The molecule has 0 radical (unpaired) electrons. The smallest absolute Gasteiger partial charge is 0.142 e. The Morgan fingerprint density at radius 2 is 2.14 bits per heavy atom. The number of carbonyl (C=O) groups is 1. The zero-order valence-corrected chi connectivity index (χ0v) is 8.79. The van der Waals surface area contributed by atoms with Crippen LogP contribution in [-0.2, 0) is 11.2 Å².